The van der Waals surface area contributed by atoms with Crippen LogP contribution in [0.5, 0.6) is 5.75 Å². The Hall–Kier alpha value is -4.66. The molecule has 4 rings (SSSR count). The van der Waals surface area contributed by atoms with E-state index < -0.39 is 23.8 Å². The summed E-state index contributed by atoms with van der Waals surface area (Å²) in [5.41, 5.74) is 7.81. The third kappa shape index (κ3) is 9.70. The molecule has 226 valence electrons. The fourth-order valence-corrected chi connectivity index (χ4v) is 5.36. The van der Waals surface area contributed by atoms with Crippen molar-refractivity contribution >= 4 is 23.6 Å². The van der Waals surface area contributed by atoms with Crippen LogP contribution in [-0.4, -0.2) is 42.8 Å². The smallest absolute Gasteiger partial charge is 0.242 e. The molecule has 0 bridgehead atoms. The van der Waals surface area contributed by atoms with Gasteiger partial charge in [0.2, 0.25) is 17.7 Å². The molecule has 0 heterocycles. The van der Waals surface area contributed by atoms with E-state index in [0.29, 0.717) is 12.2 Å². The van der Waals surface area contributed by atoms with E-state index in [0.717, 1.165) is 49.0 Å². The van der Waals surface area contributed by atoms with Crippen molar-refractivity contribution < 1.29 is 19.1 Å². The number of hydrogen-bond donors (Lipinski definition) is 5. The van der Waals surface area contributed by atoms with E-state index in [-0.39, 0.29) is 37.2 Å². The number of amidine groups is 1. The molecule has 1 saturated carbocycles. The Labute approximate surface area is 253 Å². The third-order valence-electron chi connectivity index (χ3n) is 7.76. The summed E-state index contributed by atoms with van der Waals surface area (Å²) in [7, 11) is 0. The van der Waals surface area contributed by atoms with E-state index in [2.05, 4.69) is 16.0 Å². The molecule has 9 heteroatoms. The summed E-state index contributed by atoms with van der Waals surface area (Å²) in [5.74, 6) is -1.61. The third-order valence-corrected chi connectivity index (χ3v) is 7.76. The Balaban J connectivity index is 1.46. The Morgan fingerprint density at radius 2 is 1.44 bits per heavy atom. The molecule has 3 aromatic carbocycles. The van der Waals surface area contributed by atoms with Crippen LogP contribution in [0.25, 0.3) is 0 Å². The lowest BCUT2D eigenvalue weighted by Crippen LogP contribution is -2.55. The topological polar surface area (TPSA) is 146 Å². The highest BCUT2D eigenvalue weighted by Gasteiger charge is 2.35. The molecule has 1 aliphatic carbocycles. The van der Waals surface area contributed by atoms with Gasteiger partial charge in [-0.05, 0) is 48.4 Å². The van der Waals surface area contributed by atoms with Crippen LogP contribution in [0, 0.1) is 17.2 Å². The van der Waals surface area contributed by atoms with E-state index in [1.165, 1.54) is 0 Å². The first-order valence-corrected chi connectivity index (χ1v) is 14.9. The van der Waals surface area contributed by atoms with Crippen LogP contribution in [0.15, 0.2) is 84.9 Å². The number of nitrogen functional groups attached to an aromatic ring is 1. The summed E-state index contributed by atoms with van der Waals surface area (Å²) in [4.78, 5) is 40.7. The molecule has 1 unspecified atom stereocenters. The van der Waals surface area contributed by atoms with Gasteiger partial charge in [0.05, 0.1) is 6.54 Å². The summed E-state index contributed by atoms with van der Waals surface area (Å²) in [5, 5.41) is 16.4. The molecular weight excluding hydrogens is 542 g/mol. The molecule has 2 atom stereocenters. The number of benzene rings is 3. The van der Waals surface area contributed by atoms with Crippen molar-refractivity contribution in [2.24, 2.45) is 17.6 Å². The van der Waals surface area contributed by atoms with Gasteiger partial charge in [-0.15, -0.1) is 0 Å². The average Bonchev–Trinajstić information content (AvgIpc) is 3.04. The minimum Gasteiger partial charge on any atom is -0.492 e. The molecule has 43 heavy (non-hydrogen) atoms. The molecule has 3 amide bonds. The minimum atomic E-state index is -1.06. The SMILES string of the molecule is N=C(N)c1ccc(CC(C(=O)NCc2ccccc2)C(=O)N[C@H](C(=O)NCCOc2ccccc2)C2CCCCC2)cc1. The molecule has 1 fully saturated rings. The summed E-state index contributed by atoms with van der Waals surface area (Å²) in [6, 6.07) is 25.0. The summed E-state index contributed by atoms with van der Waals surface area (Å²) < 4.78 is 5.71. The Morgan fingerprint density at radius 1 is 0.791 bits per heavy atom. The van der Waals surface area contributed by atoms with E-state index in [1.807, 2.05) is 60.7 Å². The first-order chi connectivity index (χ1) is 20.9. The number of carbonyl (C=O) groups is 3. The number of nitrogens with one attached hydrogen (secondary N) is 4. The van der Waals surface area contributed by atoms with Crippen molar-refractivity contribution in [3.63, 3.8) is 0 Å². The lowest BCUT2D eigenvalue weighted by Gasteiger charge is -2.31. The molecule has 6 N–H and O–H groups in total. The zero-order valence-electron chi connectivity index (χ0n) is 24.4. The molecule has 0 spiro atoms. The molecule has 1 aliphatic rings. The Kier molecular flexibility index (Phi) is 11.7. The second-order valence-corrected chi connectivity index (χ2v) is 10.9. The average molecular weight is 584 g/mol. The summed E-state index contributed by atoms with van der Waals surface area (Å²) >= 11 is 0. The van der Waals surface area contributed by atoms with E-state index in [4.69, 9.17) is 15.9 Å². The maximum absolute atomic E-state index is 13.8. The number of carbonyl (C=O) groups excluding carboxylic acids is 3. The molecule has 0 aliphatic heterocycles. The van der Waals surface area contributed by atoms with Crippen LogP contribution in [0.2, 0.25) is 0 Å². The van der Waals surface area contributed by atoms with Gasteiger partial charge in [0.1, 0.15) is 30.2 Å². The van der Waals surface area contributed by atoms with Crippen molar-refractivity contribution in [3.05, 3.63) is 102 Å². The maximum Gasteiger partial charge on any atom is 0.242 e. The highest BCUT2D eigenvalue weighted by Crippen LogP contribution is 2.27. The van der Waals surface area contributed by atoms with Gasteiger partial charge in [0.15, 0.2) is 0 Å². The normalized spacial score (nSPS) is 14.6. The molecule has 3 aromatic rings. The highest BCUT2D eigenvalue weighted by atomic mass is 16.5. The van der Waals surface area contributed by atoms with Gasteiger partial charge in [0, 0.05) is 12.1 Å². The first-order valence-electron chi connectivity index (χ1n) is 14.9. The van der Waals surface area contributed by atoms with Crippen molar-refractivity contribution in [1.29, 1.82) is 5.41 Å². The van der Waals surface area contributed by atoms with Crippen LogP contribution in [-0.2, 0) is 27.3 Å². The van der Waals surface area contributed by atoms with Crippen LogP contribution in [0.1, 0.15) is 48.8 Å². The van der Waals surface area contributed by atoms with E-state index in [9.17, 15) is 14.4 Å². The van der Waals surface area contributed by atoms with Crippen molar-refractivity contribution in [2.75, 3.05) is 13.2 Å². The van der Waals surface area contributed by atoms with Crippen LogP contribution in [0.3, 0.4) is 0 Å². The van der Waals surface area contributed by atoms with Crippen LogP contribution >= 0.6 is 0 Å². The van der Waals surface area contributed by atoms with Gasteiger partial charge in [-0.2, -0.15) is 0 Å². The molecule has 0 aromatic heterocycles. The van der Waals surface area contributed by atoms with Crippen molar-refractivity contribution in [1.82, 2.24) is 16.0 Å². The van der Waals surface area contributed by atoms with Gasteiger partial charge in [0.25, 0.3) is 0 Å². The van der Waals surface area contributed by atoms with Crippen molar-refractivity contribution in [3.8, 4) is 5.75 Å². The number of nitrogens with two attached hydrogens (primary N) is 1. The zero-order chi connectivity index (χ0) is 30.4. The molecule has 9 nitrogen and oxygen atoms in total. The monoisotopic (exact) mass is 583 g/mol. The Bertz CT molecular complexity index is 1340. The highest BCUT2D eigenvalue weighted by molar-refractivity contribution is 6.02. The van der Waals surface area contributed by atoms with Gasteiger partial charge in [-0.25, -0.2) is 0 Å². The summed E-state index contributed by atoms with van der Waals surface area (Å²) in [6.07, 6.45) is 4.88. The predicted molar refractivity (Wildman–Crippen MR) is 166 cm³/mol. The second kappa shape index (κ2) is 16.1. The lowest BCUT2D eigenvalue weighted by atomic mass is 9.83. The number of para-hydroxylation sites is 1. The maximum atomic E-state index is 13.8. The standard InChI is InChI=1S/C34H41N5O4/c35-31(36)27-18-16-24(17-19-27)22-29(32(40)38-23-25-10-4-1-5-11-25)33(41)39-30(26-12-6-2-7-13-26)34(42)37-20-21-43-28-14-8-3-9-15-28/h1,3-5,8-11,14-19,26,29-30H,2,6-7,12-13,20-23H2,(H3,35,36)(H,37,42)(H,38,40)(H,39,41)/t29?,30-/m0/s1. The van der Waals surface area contributed by atoms with E-state index in [1.54, 1.807) is 24.3 Å². The van der Waals surface area contributed by atoms with Crippen LogP contribution in [0.4, 0.5) is 0 Å². The molecule has 0 radical (unpaired) electrons. The summed E-state index contributed by atoms with van der Waals surface area (Å²) in [6.45, 7) is 0.860. The first kappa shape index (κ1) is 31.3. The largest absolute Gasteiger partial charge is 0.492 e. The minimum absolute atomic E-state index is 0.0179. The number of hydrogen-bond acceptors (Lipinski definition) is 5. The molecular formula is C34H41N5O4. The van der Waals surface area contributed by atoms with Gasteiger partial charge in [-0.1, -0.05) is 92.1 Å². The van der Waals surface area contributed by atoms with Gasteiger partial charge < -0.3 is 26.4 Å². The fourth-order valence-electron chi connectivity index (χ4n) is 5.36. The Morgan fingerprint density at radius 3 is 2.09 bits per heavy atom. The number of ether oxygens (including phenoxy) is 1. The lowest BCUT2D eigenvalue weighted by molar-refractivity contribution is -0.138. The predicted octanol–water partition coefficient (Wildman–Crippen LogP) is 3.71. The van der Waals surface area contributed by atoms with Gasteiger partial charge >= 0.3 is 0 Å². The number of rotatable bonds is 14. The zero-order valence-corrected chi connectivity index (χ0v) is 24.4. The van der Waals surface area contributed by atoms with Gasteiger partial charge in [-0.3, -0.25) is 19.8 Å². The quantitative estimate of drug-likeness (QED) is 0.0850. The molecule has 0 saturated heterocycles. The second-order valence-electron chi connectivity index (χ2n) is 10.9. The van der Waals surface area contributed by atoms with E-state index >= 15 is 0 Å². The van der Waals surface area contributed by atoms with Crippen molar-refractivity contribution in [2.45, 2.75) is 51.1 Å². The fraction of sp³-hybridized carbons (Fsp3) is 0.353. The van der Waals surface area contributed by atoms with Crippen LogP contribution < -0.4 is 26.4 Å². The number of amides is 3.